The molecular weight excluding hydrogens is 380 g/mol. The molecule has 25 heavy (non-hydrogen) atoms. The van der Waals surface area contributed by atoms with Crippen molar-refractivity contribution >= 4 is 33.6 Å². The number of amides is 1. The molecule has 4 nitrogen and oxygen atoms in total. The first-order valence-electron chi connectivity index (χ1n) is 7.57. The summed E-state index contributed by atoms with van der Waals surface area (Å²) in [5.41, 5.74) is 2.22. The SMILES string of the molecule is C=CCOc1ccc(Br)cc1/C=C(\C#N)C(=O)Nc1ccccc1C. The van der Waals surface area contributed by atoms with Crippen LogP contribution in [0.3, 0.4) is 0 Å². The molecule has 0 aliphatic carbocycles. The van der Waals surface area contributed by atoms with Crippen molar-refractivity contribution in [2.24, 2.45) is 0 Å². The molecule has 0 bridgehead atoms. The fourth-order valence-corrected chi connectivity index (χ4v) is 2.50. The third kappa shape index (κ3) is 5.07. The second kappa shape index (κ2) is 8.86. The van der Waals surface area contributed by atoms with Gasteiger partial charge in [-0.15, -0.1) is 0 Å². The molecule has 0 radical (unpaired) electrons. The van der Waals surface area contributed by atoms with Gasteiger partial charge in [0, 0.05) is 15.7 Å². The molecule has 0 saturated carbocycles. The zero-order valence-electron chi connectivity index (χ0n) is 13.8. The minimum absolute atomic E-state index is 0.00944. The lowest BCUT2D eigenvalue weighted by molar-refractivity contribution is -0.112. The van der Waals surface area contributed by atoms with Crippen molar-refractivity contribution in [1.29, 1.82) is 5.26 Å². The smallest absolute Gasteiger partial charge is 0.266 e. The summed E-state index contributed by atoms with van der Waals surface area (Å²) in [6, 6.07) is 14.7. The zero-order chi connectivity index (χ0) is 18.2. The van der Waals surface area contributed by atoms with Crippen molar-refractivity contribution in [3.05, 3.63) is 76.3 Å². The molecular formula is C20H17BrN2O2. The second-order valence-electron chi connectivity index (χ2n) is 5.22. The lowest BCUT2D eigenvalue weighted by Gasteiger charge is -2.10. The Kier molecular flexibility index (Phi) is 6.55. The number of anilines is 1. The maximum atomic E-state index is 12.4. The molecule has 0 spiro atoms. The van der Waals surface area contributed by atoms with E-state index in [4.69, 9.17) is 4.74 Å². The largest absolute Gasteiger partial charge is 0.489 e. The van der Waals surface area contributed by atoms with Crippen LogP contribution in [0.1, 0.15) is 11.1 Å². The number of benzene rings is 2. The van der Waals surface area contributed by atoms with Crippen LogP contribution < -0.4 is 10.1 Å². The molecule has 1 N–H and O–H groups in total. The number of carbonyl (C=O) groups is 1. The average Bonchev–Trinajstić information content (AvgIpc) is 2.60. The van der Waals surface area contributed by atoms with Gasteiger partial charge < -0.3 is 10.1 Å². The Balaban J connectivity index is 2.32. The summed E-state index contributed by atoms with van der Waals surface area (Å²) >= 11 is 3.39. The topological polar surface area (TPSA) is 62.1 Å². The Labute approximate surface area is 155 Å². The van der Waals surface area contributed by atoms with Crippen LogP contribution in [0.5, 0.6) is 5.75 Å². The van der Waals surface area contributed by atoms with E-state index in [0.717, 1.165) is 10.0 Å². The number of halogens is 1. The number of rotatable bonds is 6. The highest BCUT2D eigenvalue weighted by Crippen LogP contribution is 2.26. The van der Waals surface area contributed by atoms with Gasteiger partial charge in [-0.2, -0.15) is 5.26 Å². The summed E-state index contributed by atoms with van der Waals surface area (Å²) in [7, 11) is 0. The highest BCUT2D eigenvalue weighted by atomic mass is 79.9. The number of hydrogen-bond donors (Lipinski definition) is 1. The summed E-state index contributed by atoms with van der Waals surface area (Å²) in [4.78, 5) is 12.4. The number of nitriles is 1. The third-order valence-electron chi connectivity index (χ3n) is 3.39. The van der Waals surface area contributed by atoms with Gasteiger partial charge in [-0.3, -0.25) is 4.79 Å². The van der Waals surface area contributed by atoms with E-state index >= 15 is 0 Å². The number of hydrogen-bond acceptors (Lipinski definition) is 3. The molecule has 2 aromatic carbocycles. The number of para-hydroxylation sites is 1. The molecule has 0 saturated heterocycles. The molecule has 0 atom stereocenters. The van der Waals surface area contributed by atoms with Crippen LogP contribution in [-0.4, -0.2) is 12.5 Å². The van der Waals surface area contributed by atoms with Crippen LogP contribution in [0.15, 0.2) is 65.2 Å². The predicted octanol–water partition coefficient (Wildman–Crippen LogP) is 4.87. The van der Waals surface area contributed by atoms with Crippen molar-refractivity contribution in [3.8, 4) is 11.8 Å². The van der Waals surface area contributed by atoms with Crippen LogP contribution in [0.25, 0.3) is 6.08 Å². The molecule has 0 heterocycles. The molecule has 5 heteroatoms. The molecule has 2 rings (SSSR count). The lowest BCUT2D eigenvalue weighted by atomic mass is 10.1. The Bertz CT molecular complexity index is 866. The van der Waals surface area contributed by atoms with E-state index < -0.39 is 5.91 Å². The van der Waals surface area contributed by atoms with Crippen molar-refractivity contribution in [1.82, 2.24) is 0 Å². The van der Waals surface area contributed by atoms with Crippen LogP contribution >= 0.6 is 15.9 Å². The van der Waals surface area contributed by atoms with Crippen LogP contribution in [0, 0.1) is 18.3 Å². The Morgan fingerprint density at radius 2 is 2.12 bits per heavy atom. The quantitative estimate of drug-likeness (QED) is 0.430. The van der Waals surface area contributed by atoms with E-state index in [1.54, 1.807) is 24.3 Å². The van der Waals surface area contributed by atoms with Gasteiger partial charge in [0.05, 0.1) is 0 Å². The minimum atomic E-state index is -0.466. The van der Waals surface area contributed by atoms with Gasteiger partial charge in [-0.05, 0) is 42.8 Å². The zero-order valence-corrected chi connectivity index (χ0v) is 15.3. The van der Waals surface area contributed by atoms with Crippen LogP contribution in [-0.2, 0) is 4.79 Å². The third-order valence-corrected chi connectivity index (χ3v) is 3.88. The van der Waals surface area contributed by atoms with E-state index in [1.165, 1.54) is 6.08 Å². The molecule has 0 aromatic heterocycles. The monoisotopic (exact) mass is 396 g/mol. The normalized spacial score (nSPS) is 10.7. The number of carbonyl (C=O) groups excluding carboxylic acids is 1. The average molecular weight is 397 g/mol. The molecule has 2 aromatic rings. The minimum Gasteiger partial charge on any atom is -0.489 e. The van der Waals surface area contributed by atoms with Crippen LogP contribution in [0.2, 0.25) is 0 Å². The lowest BCUT2D eigenvalue weighted by Crippen LogP contribution is -2.14. The Morgan fingerprint density at radius 1 is 1.36 bits per heavy atom. The van der Waals surface area contributed by atoms with Crippen molar-refractivity contribution in [3.63, 3.8) is 0 Å². The molecule has 1 amide bonds. The first kappa shape index (κ1) is 18.5. The molecule has 126 valence electrons. The number of ether oxygens (including phenoxy) is 1. The Morgan fingerprint density at radius 3 is 2.80 bits per heavy atom. The first-order valence-corrected chi connectivity index (χ1v) is 8.36. The number of nitrogens with zero attached hydrogens (tertiary/aromatic N) is 1. The van der Waals surface area contributed by atoms with E-state index in [1.807, 2.05) is 37.3 Å². The molecule has 0 unspecified atom stereocenters. The van der Waals surface area contributed by atoms with Gasteiger partial charge in [0.15, 0.2) is 0 Å². The molecule has 0 aliphatic heterocycles. The van der Waals surface area contributed by atoms with E-state index in [0.29, 0.717) is 23.6 Å². The van der Waals surface area contributed by atoms with Gasteiger partial charge in [0.1, 0.15) is 24.0 Å². The van der Waals surface area contributed by atoms with Gasteiger partial charge in [0.2, 0.25) is 0 Å². The highest BCUT2D eigenvalue weighted by Gasteiger charge is 2.12. The summed E-state index contributed by atoms with van der Waals surface area (Å²) in [5.74, 6) is 0.103. The molecule has 0 fully saturated rings. The van der Waals surface area contributed by atoms with Gasteiger partial charge in [-0.25, -0.2) is 0 Å². The maximum Gasteiger partial charge on any atom is 0.266 e. The summed E-state index contributed by atoms with van der Waals surface area (Å²) in [6.45, 7) is 5.84. The summed E-state index contributed by atoms with van der Waals surface area (Å²) in [5, 5.41) is 12.2. The standard InChI is InChI=1S/C20H17BrN2O2/c1-3-10-25-19-9-8-17(21)12-15(19)11-16(13-22)20(24)23-18-7-5-4-6-14(18)2/h3-9,11-12H,1,10H2,2H3,(H,23,24)/b16-11+. The molecule has 0 aliphatic rings. The first-order chi connectivity index (χ1) is 12.0. The summed E-state index contributed by atoms with van der Waals surface area (Å²) < 4.78 is 6.40. The second-order valence-corrected chi connectivity index (χ2v) is 6.14. The van der Waals surface area contributed by atoms with Crippen molar-refractivity contribution in [2.45, 2.75) is 6.92 Å². The van der Waals surface area contributed by atoms with Crippen molar-refractivity contribution in [2.75, 3.05) is 11.9 Å². The van der Waals surface area contributed by atoms with Gasteiger partial charge >= 0.3 is 0 Å². The van der Waals surface area contributed by atoms with E-state index in [2.05, 4.69) is 27.8 Å². The number of aryl methyl sites for hydroxylation is 1. The van der Waals surface area contributed by atoms with E-state index in [9.17, 15) is 10.1 Å². The van der Waals surface area contributed by atoms with Crippen molar-refractivity contribution < 1.29 is 9.53 Å². The maximum absolute atomic E-state index is 12.4. The van der Waals surface area contributed by atoms with E-state index in [-0.39, 0.29) is 5.57 Å². The predicted molar refractivity (Wildman–Crippen MR) is 103 cm³/mol. The fourth-order valence-electron chi connectivity index (χ4n) is 2.12. The highest BCUT2D eigenvalue weighted by molar-refractivity contribution is 9.10. The Hall–Kier alpha value is -2.84. The van der Waals surface area contributed by atoms with Crippen LogP contribution in [0.4, 0.5) is 5.69 Å². The summed E-state index contributed by atoms with van der Waals surface area (Å²) in [6.07, 6.45) is 3.14. The van der Waals surface area contributed by atoms with Gasteiger partial charge in [-0.1, -0.05) is 46.8 Å². The van der Waals surface area contributed by atoms with Gasteiger partial charge in [0.25, 0.3) is 5.91 Å². The number of nitrogens with one attached hydrogen (secondary N) is 1. The fraction of sp³-hybridized carbons (Fsp3) is 0.100.